The number of hydrogen-bond acceptors (Lipinski definition) is 5. The molecule has 1 aliphatic carbocycles. The summed E-state index contributed by atoms with van der Waals surface area (Å²) in [6, 6.07) is 5.90. The van der Waals surface area contributed by atoms with Gasteiger partial charge in [0.25, 0.3) is 0 Å². The molecule has 1 aliphatic rings. The van der Waals surface area contributed by atoms with Gasteiger partial charge in [0.1, 0.15) is 0 Å². The standard InChI is InChI=1S/C15H18N2O2S/c1-18-13-7-6-10(12-9-20-15(16)17-12)8-14(13)19-11-4-2-3-5-11/h6-9,11H,2-5H2,1H3,(H2,16,17). The molecule has 0 atom stereocenters. The van der Waals surface area contributed by atoms with E-state index in [1.807, 2.05) is 23.6 Å². The van der Waals surface area contributed by atoms with Crippen LogP contribution in [-0.4, -0.2) is 18.2 Å². The maximum absolute atomic E-state index is 6.09. The number of anilines is 1. The maximum Gasteiger partial charge on any atom is 0.180 e. The van der Waals surface area contributed by atoms with E-state index in [-0.39, 0.29) is 0 Å². The van der Waals surface area contributed by atoms with Crippen LogP contribution in [0.25, 0.3) is 11.3 Å². The molecule has 3 rings (SSSR count). The van der Waals surface area contributed by atoms with E-state index in [0.717, 1.165) is 35.6 Å². The molecule has 1 aromatic heterocycles. The fourth-order valence-corrected chi connectivity index (χ4v) is 3.11. The molecule has 1 heterocycles. The highest BCUT2D eigenvalue weighted by Gasteiger charge is 2.19. The molecule has 0 saturated heterocycles. The van der Waals surface area contributed by atoms with Crippen molar-refractivity contribution < 1.29 is 9.47 Å². The monoisotopic (exact) mass is 290 g/mol. The van der Waals surface area contributed by atoms with Gasteiger partial charge in [0.05, 0.1) is 18.9 Å². The summed E-state index contributed by atoms with van der Waals surface area (Å²) in [7, 11) is 1.66. The first kappa shape index (κ1) is 13.2. The third kappa shape index (κ3) is 2.72. The zero-order valence-corrected chi connectivity index (χ0v) is 12.3. The molecule has 4 nitrogen and oxygen atoms in total. The molecule has 1 fully saturated rings. The molecule has 0 bridgehead atoms. The van der Waals surface area contributed by atoms with Gasteiger partial charge in [0.2, 0.25) is 0 Å². The summed E-state index contributed by atoms with van der Waals surface area (Å²) >= 11 is 1.44. The smallest absolute Gasteiger partial charge is 0.180 e. The van der Waals surface area contributed by atoms with Gasteiger partial charge in [-0.25, -0.2) is 4.98 Å². The van der Waals surface area contributed by atoms with Crippen molar-refractivity contribution in [2.75, 3.05) is 12.8 Å². The van der Waals surface area contributed by atoms with E-state index in [1.54, 1.807) is 7.11 Å². The van der Waals surface area contributed by atoms with Gasteiger partial charge < -0.3 is 15.2 Å². The zero-order valence-electron chi connectivity index (χ0n) is 11.5. The average molecular weight is 290 g/mol. The van der Waals surface area contributed by atoms with Crippen LogP contribution < -0.4 is 15.2 Å². The number of nitrogen functional groups attached to an aromatic ring is 1. The quantitative estimate of drug-likeness (QED) is 0.932. The van der Waals surface area contributed by atoms with Crippen LogP contribution in [0.2, 0.25) is 0 Å². The van der Waals surface area contributed by atoms with Crippen molar-refractivity contribution in [2.45, 2.75) is 31.8 Å². The molecule has 0 amide bonds. The normalized spacial score (nSPS) is 15.4. The SMILES string of the molecule is COc1ccc(-c2csc(N)n2)cc1OC1CCCC1. The molecule has 1 saturated carbocycles. The fraction of sp³-hybridized carbons (Fsp3) is 0.400. The van der Waals surface area contributed by atoms with Crippen molar-refractivity contribution in [3.63, 3.8) is 0 Å². The summed E-state index contributed by atoms with van der Waals surface area (Å²) in [5, 5.41) is 2.53. The molecule has 2 aromatic rings. The van der Waals surface area contributed by atoms with Crippen molar-refractivity contribution in [1.82, 2.24) is 4.98 Å². The molecule has 0 spiro atoms. The van der Waals surface area contributed by atoms with Crippen LogP contribution in [0, 0.1) is 0 Å². The summed E-state index contributed by atoms with van der Waals surface area (Å²) in [5.74, 6) is 1.56. The van der Waals surface area contributed by atoms with E-state index in [1.165, 1.54) is 24.2 Å². The minimum Gasteiger partial charge on any atom is -0.493 e. The lowest BCUT2D eigenvalue weighted by Gasteiger charge is -2.16. The number of nitrogens with zero attached hydrogens (tertiary/aromatic N) is 1. The van der Waals surface area contributed by atoms with Crippen LogP contribution in [0.15, 0.2) is 23.6 Å². The third-order valence-corrected chi connectivity index (χ3v) is 4.25. The maximum atomic E-state index is 6.09. The van der Waals surface area contributed by atoms with E-state index in [0.29, 0.717) is 11.2 Å². The Kier molecular flexibility index (Phi) is 3.78. The molecule has 106 valence electrons. The Morgan fingerprint density at radius 2 is 2.05 bits per heavy atom. The van der Waals surface area contributed by atoms with Crippen molar-refractivity contribution in [1.29, 1.82) is 0 Å². The Bertz CT molecular complexity index is 591. The fourth-order valence-electron chi connectivity index (χ4n) is 2.53. The molecule has 0 aliphatic heterocycles. The summed E-state index contributed by atoms with van der Waals surface area (Å²) in [4.78, 5) is 4.31. The summed E-state index contributed by atoms with van der Waals surface area (Å²) < 4.78 is 11.5. The predicted molar refractivity (Wildman–Crippen MR) is 81.4 cm³/mol. The second-order valence-corrected chi connectivity index (χ2v) is 5.85. The van der Waals surface area contributed by atoms with Gasteiger partial charge in [0.15, 0.2) is 16.6 Å². The Hall–Kier alpha value is -1.75. The Labute approximate surface area is 122 Å². The Morgan fingerprint density at radius 1 is 1.25 bits per heavy atom. The number of nitrogens with two attached hydrogens (primary N) is 1. The van der Waals surface area contributed by atoms with Crippen molar-refractivity contribution in [3.8, 4) is 22.8 Å². The lowest BCUT2D eigenvalue weighted by Crippen LogP contribution is -2.11. The van der Waals surface area contributed by atoms with Crippen LogP contribution in [0.4, 0.5) is 5.13 Å². The van der Waals surface area contributed by atoms with Crippen molar-refractivity contribution in [2.24, 2.45) is 0 Å². The Balaban J connectivity index is 1.89. The average Bonchev–Trinajstić information content (AvgIpc) is 3.10. The van der Waals surface area contributed by atoms with Gasteiger partial charge in [0, 0.05) is 10.9 Å². The second kappa shape index (κ2) is 5.71. The van der Waals surface area contributed by atoms with Gasteiger partial charge in [-0.15, -0.1) is 11.3 Å². The van der Waals surface area contributed by atoms with Crippen LogP contribution in [0.5, 0.6) is 11.5 Å². The number of thiazole rings is 1. The molecular weight excluding hydrogens is 272 g/mol. The topological polar surface area (TPSA) is 57.4 Å². The van der Waals surface area contributed by atoms with Gasteiger partial charge in [-0.1, -0.05) is 0 Å². The first-order valence-corrected chi connectivity index (χ1v) is 7.70. The van der Waals surface area contributed by atoms with E-state index in [9.17, 15) is 0 Å². The van der Waals surface area contributed by atoms with Crippen molar-refractivity contribution in [3.05, 3.63) is 23.6 Å². The zero-order chi connectivity index (χ0) is 13.9. The summed E-state index contributed by atoms with van der Waals surface area (Å²) in [5.41, 5.74) is 7.58. The second-order valence-electron chi connectivity index (χ2n) is 4.96. The lowest BCUT2D eigenvalue weighted by molar-refractivity contribution is 0.201. The number of ether oxygens (including phenoxy) is 2. The van der Waals surface area contributed by atoms with Crippen LogP contribution in [0.3, 0.4) is 0 Å². The van der Waals surface area contributed by atoms with Crippen LogP contribution in [0.1, 0.15) is 25.7 Å². The van der Waals surface area contributed by atoms with E-state index in [2.05, 4.69) is 4.98 Å². The highest BCUT2D eigenvalue weighted by atomic mass is 32.1. The van der Waals surface area contributed by atoms with Crippen LogP contribution >= 0.6 is 11.3 Å². The van der Waals surface area contributed by atoms with Crippen molar-refractivity contribution >= 4 is 16.5 Å². The summed E-state index contributed by atoms with van der Waals surface area (Å²) in [6.45, 7) is 0. The van der Waals surface area contributed by atoms with E-state index >= 15 is 0 Å². The van der Waals surface area contributed by atoms with Gasteiger partial charge in [-0.05, 0) is 43.9 Å². The molecule has 20 heavy (non-hydrogen) atoms. The molecule has 1 aromatic carbocycles. The minimum atomic E-state index is 0.305. The Morgan fingerprint density at radius 3 is 2.70 bits per heavy atom. The number of benzene rings is 1. The molecule has 0 radical (unpaired) electrons. The lowest BCUT2D eigenvalue weighted by atomic mass is 10.1. The van der Waals surface area contributed by atoms with Crippen LogP contribution in [-0.2, 0) is 0 Å². The minimum absolute atomic E-state index is 0.305. The number of hydrogen-bond donors (Lipinski definition) is 1. The first-order valence-electron chi connectivity index (χ1n) is 6.82. The molecule has 0 unspecified atom stereocenters. The molecular formula is C15H18N2O2S. The number of methoxy groups -OCH3 is 1. The summed E-state index contributed by atoms with van der Waals surface area (Å²) in [6.07, 6.45) is 5.04. The molecule has 2 N–H and O–H groups in total. The van der Waals surface area contributed by atoms with E-state index in [4.69, 9.17) is 15.2 Å². The predicted octanol–water partition coefficient (Wildman–Crippen LogP) is 3.72. The van der Waals surface area contributed by atoms with Gasteiger partial charge in [-0.2, -0.15) is 0 Å². The molecule has 5 heteroatoms. The van der Waals surface area contributed by atoms with E-state index < -0.39 is 0 Å². The third-order valence-electron chi connectivity index (χ3n) is 3.58. The van der Waals surface area contributed by atoms with Gasteiger partial charge >= 0.3 is 0 Å². The largest absolute Gasteiger partial charge is 0.493 e. The highest BCUT2D eigenvalue weighted by molar-refractivity contribution is 7.13. The number of aromatic nitrogens is 1. The van der Waals surface area contributed by atoms with Gasteiger partial charge in [-0.3, -0.25) is 0 Å². The number of rotatable bonds is 4. The first-order chi connectivity index (χ1) is 9.76. The highest BCUT2D eigenvalue weighted by Crippen LogP contribution is 2.35.